The molecule has 0 radical (unpaired) electrons. The number of amides is 1. The second-order valence-electron chi connectivity index (χ2n) is 5.43. The largest absolute Gasteiger partial charge is 0.347 e. The second-order valence-corrected chi connectivity index (χ2v) is 9.36. The van der Waals surface area contributed by atoms with Crippen molar-refractivity contribution in [3.8, 4) is 0 Å². The van der Waals surface area contributed by atoms with Crippen molar-refractivity contribution in [2.75, 3.05) is 17.3 Å². The van der Waals surface area contributed by atoms with E-state index in [1.807, 2.05) is 0 Å². The predicted molar refractivity (Wildman–Crippen MR) is 92.5 cm³/mol. The van der Waals surface area contributed by atoms with E-state index in [0.29, 0.717) is 10.6 Å². The van der Waals surface area contributed by atoms with Gasteiger partial charge in [0.2, 0.25) is 0 Å². The highest BCUT2D eigenvalue weighted by atomic mass is 35.5. The molecule has 1 fully saturated rings. The summed E-state index contributed by atoms with van der Waals surface area (Å²) in [4.78, 5) is 12.2. The Hall–Kier alpha value is -0.720. The van der Waals surface area contributed by atoms with E-state index in [1.54, 1.807) is 36.0 Å². The molecular weight excluding hydrogens is 342 g/mol. The Labute approximate surface area is 140 Å². The molecule has 0 aliphatic carbocycles. The van der Waals surface area contributed by atoms with E-state index in [0.717, 1.165) is 18.6 Å². The summed E-state index contributed by atoms with van der Waals surface area (Å²) in [6, 6.07) is 6.25. The molecule has 4 nitrogen and oxygen atoms in total. The van der Waals surface area contributed by atoms with E-state index in [9.17, 15) is 13.2 Å². The molecule has 2 atom stereocenters. The SMILES string of the molecule is CCCCSC1CS(=O)(=O)CC1NC(=O)c1ccc(Cl)cc1. The minimum Gasteiger partial charge on any atom is -0.347 e. The van der Waals surface area contributed by atoms with E-state index in [2.05, 4.69) is 12.2 Å². The molecule has 1 N–H and O–H groups in total. The first-order valence-electron chi connectivity index (χ1n) is 7.30. The van der Waals surface area contributed by atoms with Crippen molar-refractivity contribution in [3.63, 3.8) is 0 Å². The Bertz CT molecular complexity index is 616. The number of thioether (sulfide) groups is 1. The Balaban J connectivity index is 2.01. The molecule has 0 spiro atoms. The molecule has 7 heteroatoms. The van der Waals surface area contributed by atoms with Crippen LogP contribution in [0.15, 0.2) is 24.3 Å². The minimum atomic E-state index is -3.07. The van der Waals surface area contributed by atoms with Crippen LogP contribution in [0.4, 0.5) is 0 Å². The highest BCUT2D eigenvalue weighted by Crippen LogP contribution is 2.26. The first kappa shape index (κ1) is 17.6. The molecule has 2 rings (SSSR count). The number of sulfone groups is 1. The topological polar surface area (TPSA) is 63.2 Å². The molecule has 0 bridgehead atoms. The number of halogens is 1. The van der Waals surface area contributed by atoms with E-state index < -0.39 is 9.84 Å². The zero-order valence-corrected chi connectivity index (χ0v) is 14.8. The third kappa shape index (κ3) is 4.89. The van der Waals surface area contributed by atoms with E-state index in [-0.39, 0.29) is 28.7 Å². The van der Waals surface area contributed by atoms with Gasteiger partial charge in [-0.15, -0.1) is 0 Å². The van der Waals surface area contributed by atoms with Gasteiger partial charge in [-0.3, -0.25) is 4.79 Å². The van der Waals surface area contributed by atoms with Gasteiger partial charge < -0.3 is 5.32 Å². The first-order chi connectivity index (χ1) is 10.4. The maximum Gasteiger partial charge on any atom is 0.251 e. The fourth-order valence-electron chi connectivity index (χ4n) is 2.35. The number of unbranched alkanes of at least 4 members (excludes halogenated alkanes) is 1. The van der Waals surface area contributed by atoms with E-state index in [1.165, 1.54) is 0 Å². The Morgan fingerprint density at radius 3 is 2.64 bits per heavy atom. The fraction of sp³-hybridized carbons (Fsp3) is 0.533. The lowest BCUT2D eigenvalue weighted by atomic mass is 10.2. The number of hydrogen-bond donors (Lipinski definition) is 1. The summed E-state index contributed by atoms with van der Waals surface area (Å²) >= 11 is 7.45. The summed E-state index contributed by atoms with van der Waals surface area (Å²) in [7, 11) is -3.07. The summed E-state index contributed by atoms with van der Waals surface area (Å²) in [5, 5.41) is 3.37. The van der Waals surface area contributed by atoms with Crippen LogP contribution in [0.2, 0.25) is 5.02 Å². The van der Waals surface area contributed by atoms with Gasteiger partial charge in [0.25, 0.3) is 5.91 Å². The predicted octanol–water partition coefficient (Wildman–Crippen LogP) is 2.77. The molecule has 0 aromatic heterocycles. The van der Waals surface area contributed by atoms with Gasteiger partial charge in [-0.1, -0.05) is 24.9 Å². The zero-order chi connectivity index (χ0) is 16.2. The average molecular weight is 362 g/mol. The molecule has 122 valence electrons. The van der Waals surface area contributed by atoms with Crippen LogP contribution in [0.5, 0.6) is 0 Å². The van der Waals surface area contributed by atoms with Crippen LogP contribution in [0.1, 0.15) is 30.1 Å². The van der Waals surface area contributed by atoms with E-state index >= 15 is 0 Å². The Morgan fingerprint density at radius 1 is 1.32 bits per heavy atom. The number of hydrogen-bond acceptors (Lipinski definition) is 4. The van der Waals surface area contributed by atoms with Crippen molar-refractivity contribution in [2.45, 2.75) is 31.1 Å². The van der Waals surface area contributed by atoms with Crippen molar-refractivity contribution in [1.82, 2.24) is 5.32 Å². The molecule has 22 heavy (non-hydrogen) atoms. The van der Waals surface area contributed by atoms with Gasteiger partial charge in [-0.25, -0.2) is 8.42 Å². The van der Waals surface area contributed by atoms with Gasteiger partial charge in [0.1, 0.15) is 0 Å². The van der Waals surface area contributed by atoms with Crippen LogP contribution in [0.3, 0.4) is 0 Å². The number of rotatable bonds is 6. The van der Waals surface area contributed by atoms with Crippen LogP contribution in [-0.4, -0.2) is 42.9 Å². The summed E-state index contributed by atoms with van der Waals surface area (Å²) in [5.41, 5.74) is 0.492. The molecule has 1 aliphatic heterocycles. The van der Waals surface area contributed by atoms with Gasteiger partial charge in [-0.2, -0.15) is 11.8 Å². The normalized spacial score (nSPS) is 23.4. The molecule has 1 aromatic rings. The molecule has 1 aromatic carbocycles. The standard InChI is InChI=1S/C15H20ClNO3S2/c1-2-3-8-21-14-10-22(19,20)9-13(14)17-15(18)11-4-6-12(16)7-5-11/h4-7,13-14H,2-3,8-10H2,1H3,(H,17,18). The number of carbonyl (C=O) groups is 1. The quantitative estimate of drug-likeness (QED) is 0.791. The minimum absolute atomic E-state index is 0.0239. The fourth-order valence-corrected chi connectivity index (χ4v) is 6.49. The summed E-state index contributed by atoms with van der Waals surface area (Å²) in [6.45, 7) is 2.10. The summed E-state index contributed by atoms with van der Waals surface area (Å²) in [6.07, 6.45) is 2.13. The smallest absolute Gasteiger partial charge is 0.251 e. The van der Waals surface area contributed by atoms with Crippen molar-refractivity contribution in [1.29, 1.82) is 0 Å². The molecule has 1 heterocycles. The molecule has 2 unspecified atom stereocenters. The summed E-state index contributed by atoms with van der Waals surface area (Å²) < 4.78 is 23.7. The third-order valence-electron chi connectivity index (χ3n) is 3.55. The monoisotopic (exact) mass is 361 g/mol. The van der Waals surface area contributed by atoms with Crippen molar-refractivity contribution in [3.05, 3.63) is 34.9 Å². The van der Waals surface area contributed by atoms with Crippen LogP contribution in [0, 0.1) is 0 Å². The van der Waals surface area contributed by atoms with Gasteiger partial charge in [0, 0.05) is 15.8 Å². The number of benzene rings is 1. The molecule has 1 saturated heterocycles. The van der Waals surface area contributed by atoms with Crippen molar-refractivity contribution < 1.29 is 13.2 Å². The number of nitrogens with one attached hydrogen (secondary N) is 1. The lowest BCUT2D eigenvalue weighted by Crippen LogP contribution is -2.41. The zero-order valence-electron chi connectivity index (χ0n) is 12.4. The maximum absolute atomic E-state index is 12.2. The van der Waals surface area contributed by atoms with Crippen molar-refractivity contribution >= 4 is 39.1 Å². The highest BCUT2D eigenvalue weighted by Gasteiger charge is 2.38. The highest BCUT2D eigenvalue weighted by molar-refractivity contribution is 8.01. The van der Waals surface area contributed by atoms with Crippen LogP contribution >= 0.6 is 23.4 Å². The average Bonchev–Trinajstić information content (AvgIpc) is 2.74. The van der Waals surface area contributed by atoms with Gasteiger partial charge in [0.05, 0.1) is 17.5 Å². The van der Waals surface area contributed by atoms with Gasteiger partial charge >= 0.3 is 0 Å². The lowest BCUT2D eigenvalue weighted by molar-refractivity contribution is 0.0942. The van der Waals surface area contributed by atoms with Gasteiger partial charge in [0.15, 0.2) is 9.84 Å². The maximum atomic E-state index is 12.2. The van der Waals surface area contributed by atoms with Crippen LogP contribution in [0.25, 0.3) is 0 Å². The molecule has 1 aliphatic rings. The lowest BCUT2D eigenvalue weighted by Gasteiger charge is -2.19. The van der Waals surface area contributed by atoms with Crippen molar-refractivity contribution in [2.24, 2.45) is 0 Å². The first-order valence-corrected chi connectivity index (χ1v) is 10.5. The Kier molecular flexibility index (Phi) is 6.17. The van der Waals surface area contributed by atoms with Gasteiger partial charge in [-0.05, 0) is 36.4 Å². The molecular formula is C15H20ClNO3S2. The summed E-state index contributed by atoms with van der Waals surface area (Å²) in [5.74, 6) is 0.840. The number of carbonyl (C=O) groups excluding carboxylic acids is 1. The molecule has 1 amide bonds. The molecule has 0 saturated carbocycles. The Morgan fingerprint density at radius 2 is 2.00 bits per heavy atom. The third-order valence-corrected chi connectivity index (χ3v) is 7.20. The van der Waals surface area contributed by atoms with Crippen LogP contribution < -0.4 is 5.32 Å². The van der Waals surface area contributed by atoms with E-state index in [4.69, 9.17) is 11.6 Å². The second kappa shape index (κ2) is 7.70. The van der Waals surface area contributed by atoms with Crippen LogP contribution in [-0.2, 0) is 9.84 Å².